The molecule has 1 atom stereocenters. The summed E-state index contributed by atoms with van der Waals surface area (Å²) in [5.41, 5.74) is 0.000732. The molecule has 0 aliphatic rings. The van der Waals surface area contributed by atoms with Crippen LogP contribution in [0.4, 0.5) is 5.69 Å². The lowest BCUT2D eigenvalue weighted by atomic mass is 9.90. The predicted molar refractivity (Wildman–Crippen MR) is 72.6 cm³/mol. The fourth-order valence-electron chi connectivity index (χ4n) is 1.98. The second-order valence-corrected chi connectivity index (χ2v) is 5.10. The molecular weight excluding hydrogens is 262 g/mol. The molecule has 6 heteroatoms. The zero-order valence-corrected chi connectivity index (χ0v) is 11.4. The molecule has 1 aromatic carbocycles. The monoisotopic (exact) mass is 279 g/mol. The lowest BCUT2D eigenvalue weighted by molar-refractivity contribution is -0.384. The molecule has 1 aromatic rings. The molecule has 6 nitrogen and oxygen atoms in total. The quantitative estimate of drug-likeness (QED) is 0.470. The number of carboxylic acids is 1. The van der Waals surface area contributed by atoms with Crippen molar-refractivity contribution in [3.05, 3.63) is 39.9 Å². The number of ketones is 1. The largest absolute Gasteiger partial charge is 0.481 e. The van der Waals surface area contributed by atoms with Gasteiger partial charge in [-0.25, -0.2) is 0 Å². The second kappa shape index (κ2) is 6.79. The summed E-state index contributed by atoms with van der Waals surface area (Å²) in [4.78, 5) is 33.2. The third kappa shape index (κ3) is 4.46. The van der Waals surface area contributed by atoms with Gasteiger partial charge in [-0.15, -0.1) is 0 Å². The summed E-state index contributed by atoms with van der Waals surface area (Å²) in [6.07, 6.45) is 0.255. The van der Waals surface area contributed by atoms with Gasteiger partial charge in [0.05, 0.1) is 10.8 Å². The van der Waals surface area contributed by atoms with Gasteiger partial charge >= 0.3 is 5.97 Å². The Bertz CT molecular complexity index is 524. The Hall–Kier alpha value is -2.24. The first-order valence-corrected chi connectivity index (χ1v) is 6.31. The summed E-state index contributed by atoms with van der Waals surface area (Å²) >= 11 is 0. The number of nitrogens with zero attached hydrogens (tertiary/aromatic N) is 1. The summed E-state index contributed by atoms with van der Waals surface area (Å²) in [7, 11) is 0. The highest BCUT2D eigenvalue weighted by Gasteiger charge is 2.23. The van der Waals surface area contributed by atoms with Gasteiger partial charge < -0.3 is 5.11 Å². The highest BCUT2D eigenvalue weighted by molar-refractivity contribution is 5.98. The van der Waals surface area contributed by atoms with Crippen LogP contribution in [0.3, 0.4) is 0 Å². The van der Waals surface area contributed by atoms with Crippen molar-refractivity contribution in [3.8, 4) is 0 Å². The zero-order valence-electron chi connectivity index (χ0n) is 11.4. The third-order valence-corrected chi connectivity index (χ3v) is 2.92. The van der Waals surface area contributed by atoms with E-state index in [1.807, 2.05) is 13.8 Å². The SMILES string of the molecule is CC(C)CC(CC(=O)c1cccc([N+](=O)[O-])c1)C(=O)O. The van der Waals surface area contributed by atoms with E-state index in [4.69, 9.17) is 5.11 Å². The van der Waals surface area contributed by atoms with Gasteiger partial charge in [-0.2, -0.15) is 0 Å². The molecule has 0 heterocycles. The molecule has 0 aliphatic carbocycles. The average Bonchev–Trinajstić information content (AvgIpc) is 2.37. The minimum Gasteiger partial charge on any atom is -0.481 e. The van der Waals surface area contributed by atoms with E-state index < -0.39 is 16.8 Å². The van der Waals surface area contributed by atoms with Crippen molar-refractivity contribution in [2.45, 2.75) is 26.7 Å². The number of benzene rings is 1. The van der Waals surface area contributed by atoms with E-state index in [1.165, 1.54) is 24.3 Å². The van der Waals surface area contributed by atoms with Gasteiger partial charge in [-0.05, 0) is 12.3 Å². The van der Waals surface area contributed by atoms with E-state index >= 15 is 0 Å². The maximum absolute atomic E-state index is 12.0. The van der Waals surface area contributed by atoms with Crippen LogP contribution in [0.25, 0.3) is 0 Å². The van der Waals surface area contributed by atoms with E-state index in [2.05, 4.69) is 0 Å². The van der Waals surface area contributed by atoms with Crippen LogP contribution in [0.5, 0.6) is 0 Å². The maximum Gasteiger partial charge on any atom is 0.306 e. The lowest BCUT2D eigenvalue weighted by Gasteiger charge is -2.13. The molecule has 20 heavy (non-hydrogen) atoms. The van der Waals surface area contributed by atoms with Crippen LogP contribution in [-0.2, 0) is 4.79 Å². The number of rotatable bonds is 7. The molecule has 1 rings (SSSR count). The normalized spacial score (nSPS) is 12.2. The number of aliphatic carboxylic acids is 1. The number of carbonyl (C=O) groups is 2. The van der Waals surface area contributed by atoms with Crippen molar-refractivity contribution >= 4 is 17.4 Å². The van der Waals surface area contributed by atoms with Crippen LogP contribution in [0.1, 0.15) is 37.0 Å². The van der Waals surface area contributed by atoms with Crippen molar-refractivity contribution in [2.24, 2.45) is 11.8 Å². The molecule has 0 bridgehead atoms. The summed E-state index contributed by atoms with van der Waals surface area (Å²) in [5, 5.41) is 19.8. The molecule has 0 spiro atoms. The van der Waals surface area contributed by atoms with Crippen LogP contribution < -0.4 is 0 Å². The molecule has 0 fully saturated rings. The molecular formula is C14H17NO5. The van der Waals surface area contributed by atoms with Gasteiger partial charge in [0.1, 0.15) is 0 Å². The molecule has 0 saturated heterocycles. The Morgan fingerprint density at radius 1 is 1.35 bits per heavy atom. The van der Waals surface area contributed by atoms with Gasteiger partial charge in [0.25, 0.3) is 5.69 Å². The summed E-state index contributed by atoms with van der Waals surface area (Å²) in [6.45, 7) is 3.77. The number of Topliss-reactive ketones (excluding diaryl/α,β-unsaturated/α-hetero) is 1. The molecule has 0 amide bonds. The summed E-state index contributed by atoms with van der Waals surface area (Å²) < 4.78 is 0. The lowest BCUT2D eigenvalue weighted by Crippen LogP contribution is -2.20. The Morgan fingerprint density at radius 3 is 2.50 bits per heavy atom. The van der Waals surface area contributed by atoms with Gasteiger partial charge in [-0.1, -0.05) is 26.0 Å². The number of hydrogen-bond acceptors (Lipinski definition) is 4. The van der Waals surface area contributed by atoms with Crippen molar-refractivity contribution in [2.75, 3.05) is 0 Å². The van der Waals surface area contributed by atoms with E-state index in [-0.39, 0.29) is 29.4 Å². The van der Waals surface area contributed by atoms with Gasteiger partial charge in [0.15, 0.2) is 5.78 Å². The Balaban J connectivity index is 2.86. The van der Waals surface area contributed by atoms with E-state index in [9.17, 15) is 19.7 Å². The van der Waals surface area contributed by atoms with E-state index in [1.54, 1.807) is 0 Å². The predicted octanol–water partition coefficient (Wildman–Crippen LogP) is 2.91. The van der Waals surface area contributed by atoms with Crippen LogP contribution in [-0.4, -0.2) is 21.8 Å². The number of nitro groups is 1. The molecule has 0 aromatic heterocycles. The number of carbonyl (C=O) groups excluding carboxylic acids is 1. The fraction of sp³-hybridized carbons (Fsp3) is 0.429. The molecule has 1 N–H and O–H groups in total. The Kier molecular flexibility index (Phi) is 5.37. The molecule has 0 aliphatic heterocycles. The van der Waals surface area contributed by atoms with Gasteiger partial charge in [-0.3, -0.25) is 19.7 Å². The highest BCUT2D eigenvalue weighted by atomic mass is 16.6. The minimum atomic E-state index is -1.02. The summed E-state index contributed by atoms with van der Waals surface area (Å²) in [5.74, 6) is -2.00. The van der Waals surface area contributed by atoms with Crippen LogP contribution >= 0.6 is 0 Å². The third-order valence-electron chi connectivity index (χ3n) is 2.92. The Morgan fingerprint density at radius 2 is 2.00 bits per heavy atom. The van der Waals surface area contributed by atoms with Crippen molar-refractivity contribution in [1.82, 2.24) is 0 Å². The van der Waals surface area contributed by atoms with Crippen molar-refractivity contribution < 1.29 is 19.6 Å². The van der Waals surface area contributed by atoms with Crippen molar-refractivity contribution in [3.63, 3.8) is 0 Å². The molecule has 1 unspecified atom stereocenters. The first-order chi connectivity index (χ1) is 9.31. The standard InChI is InChI=1S/C14H17NO5/c1-9(2)6-11(14(17)18)8-13(16)10-4-3-5-12(7-10)15(19)20/h3-5,7,9,11H,6,8H2,1-2H3,(H,17,18). The number of carboxylic acid groups (broad SMARTS) is 1. The average molecular weight is 279 g/mol. The van der Waals surface area contributed by atoms with E-state index in [0.29, 0.717) is 6.42 Å². The van der Waals surface area contributed by atoms with Crippen molar-refractivity contribution in [1.29, 1.82) is 0 Å². The Labute approximate surface area is 116 Å². The highest BCUT2D eigenvalue weighted by Crippen LogP contribution is 2.20. The maximum atomic E-state index is 12.0. The molecule has 108 valence electrons. The minimum absolute atomic E-state index is 0.144. The smallest absolute Gasteiger partial charge is 0.306 e. The number of hydrogen-bond donors (Lipinski definition) is 1. The van der Waals surface area contributed by atoms with Gasteiger partial charge in [0, 0.05) is 24.1 Å². The molecule has 0 saturated carbocycles. The first kappa shape index (κ1) is 15.8. The first-order valence-electron chi connectivity index (χ1n) is 6.31. The van der Waals surface area contributed by atoms with Crippen LogP contribution in [0, 0.1) is 22.0 Å². The number of non-ortho nitro benzene ring substituents is 1. The van der Waals surface area contributed by atoms with Crippen LogP contribution in [0.2, 0.25) is 0 Å². The second-order valence-electron chi connectivity index (χ2n) is 5.10. The number of nitro benzene ring substituents is 1. The topological polar surface area (TPSA) is 97.5 Å². The van der Waals surface area contributed by atoms with E-state index in [0.717, 1.165) is 0 Å². The molecule has 0 radical (unpaired) electrons. The van der Waals surface area contributed by atoms with Crippen LogP contribution in [0.15, 0.2) is 24.3 Å². The fourth-order valence-corrected chi connectivity index (χ4v) is 1.98. The van der Waals surface area contributed by atoms with Gasteiger partial charge in [0.2, 0.25) is 0 Å². The summed E-state index contributed by atoms with van der Waals surface area (Å²) in [6, 6.07) is 5.35. The zero-order chi connectivity index (χ0) is 15.3.